The normalized spacial score (nSPS) is 15.6. The molecule has 1 aliphatic heterocycles. The predicted octanol–water partition coefficient (Wildman–Crippen LogP) is 3.13. The summed E-state index contributed by atoms with van der Waals surface area (Å²) in [5, 5.41) is 3.15. The van der Waals surface area contributed by atoms with Crippen molar-refractivity contribution in [1.29, 1.82) is 0 Å². The number of aromatic nitrogens is 2. The van der Waals surface area contributed by atoms with E-state index in [1.54, 1.807) is 0 Å². The summed E-state index contributed by atoms with van der Waals surface area (Å²) in [6, 6.07) is 12.2. The molecule has 21 heavy (non-hydrogen) atoms. The van der Waals surface area contributed by atoms with E-state index >= 15 is 0 Å². The molecule has 2 heterocycles. The zero-order chi connectivity index (χ0) is 14.5. The first-order chi connectivity index (χ1) is 10.4. The van der Waals surface area contributed by atoms with Gasteiger partial charge in [-0.25, -0.2) is 9.97 Å². The predicted molar refractivity (Wildman–Crippen MR) is 91.2 cm³/mol. The summed E-state index contributed by atoms with van der Waals surface area (Å²) in [5.41, 5.74) is 1.06. The van der Waals surface area contributed by atoms with Gasteiger partial charge in [0.05, 0.1) is 0 Å². The number of nitrogens with zero attached hydrogens (tertiary/aromatic N) is 3. The van der Waals surface area contributed by atoms with Gasteiger partial charge < -0.3 is 10.2 Å². The quantitative estimate of drug-likeness (QED) is 0.943. The Bertz CT molecular complexity index is 580. The van der Waals surface area contributed by atoms with Gasteiger partial charge in [0.15, 0.2) is 5.82 Å². The van der Waals surface area contributed by atoms with E-state index in [0.29, 0.717) is 0 Å². The van der Waals surface area contributed by atoms with E-state index in [9.17, 15) is 0 Å². The summed E-state index contributed by atoms with van der Waals surface area (Å²) < 4.78 is 0. The van der Waals surface area contributed by atoms with Crippen LogP contribution in [-0.4, -0.2) is 41.6 Å². The van der Waals surface area contributed by atoms with Crippen molar-refractivity contribution in [2.45, 2.75) is 6.42 Å². The van der Waals surface area contributed by atoms with Gasteiger partial charge in [-0.1, -0.05) is 30.3 Å². The number of rotatable bonds is 3. The Morgan fingerprint density at radius 1 is 1.10 bits per heavy atom. The molecule has 0 saturated carbocycles. The van der Waals surface area contributed by atoms with E-state index in [1.165, 1.54) is 17.9 Å². The van der Waals surface area contributed by atoms with Gasteiger partial charge in [-0.05, 0) is 12.2 Å². The molecule has 0 radical (unpaired) electrons. The smallest absolute Gasteiger partial charge is 0.163 e. The van der Waals surface area contributed by atoms with Crippen LogP contribution >= 0.6 is 11.8 Å². The highest BCUT2D eigenvalue weighted by molar-refractivity contribution is 7.99. The van der Waals surface area contributed by atoms with Crippen LogP contribution in [0.3, 0.4) is 0 Å². The molecule has 110 valence electrons. The molecule has 1 aromatic heterocycles. The van der Waals surface area contributed by atoms with Crippen molar-refractivity contribution in [2.75, 3.05) is 41.9 Å². The molecule has 0 bridgehead atoms. The topological polar surface area (TPSA) is 41.0 Å². The molecule has 0 amide bonds. The highest BCUT2D eigenvalue weighted by atomic mass is 32.2. The summed E-state index contributed by atoms with van der Waals surface area (Å²) in [7, 11) is 1.90. The fourth-order valence-electron chi connectivity index (χ4n) is 2.42. The largest absolute Gasteiger partial charge is 0.373 e. The van der Waals surface area contributed by atoms with Gasteiger partial charge in [0.2, 0.25) is 0 Å². The van der Waals surface area contributed by atoms with Crippen molar-refractivity contribution < 1.29 is 0 Å². The van der Waals surface area contributed by atoms with Crippen molar-refractivity contribution in [3.63, 3.8) is 0 Å². The first kappa shape index (κ1) is 14.2. The lowest BCUT2D eigenvalue weighted by atomic mass is 10.2. The Morgan fingerprint density at radius 2 is 1.95 bits per heavy atom. The lowest BCUT2D eigenvalue weighted by Crippen LogP contribution is -2.26. The van der Waals surface area contributed by atoms with Gasteiger partial charge >= 0.3 is 0 Å². The summed E-state index contributed by atoms with van der Waals surface area (Å²) in [5.74, 6) is 5.09. The number of benzene rings is 1. The Hall–Kier alpha value is -1.75. The van der Waals surface area contributed by atoms with Crippen LogP contribution in [0.5, 0.6) is 0 Å². The lowest BCUT2D eigenvalue weighted by Gasteiger charge is -2.22. The van der Waals surface area contributed by atoms with E-state index in [0.717, 1.165) is 36.1 Å². The molecular weight excluding hydrogens is 280 g/mol. The number of hydrogen-bond acceptors (Lipinski definition) is 5. The molecule has 0 spiro atoms. The fourth-order valence-corrected chi connectivity index (χ4v) is 3.30. The minimum atomic E-state index is 0.786. The summed E-state index contributed by atoms with van der Waals surface area (Å²) in [6.45, 7) is 2.13. The van der Waals surface area contributed by atoms with E-state index in [1.807, 2.05) is 43.1 Å². The minimum Gasteiger partial charge on any atom is -0.373 e. The molecule has 1 N–H and O–H groups in total. The van der Waals surface area contributed by atoms with Crippen LogP contribution in [-0.2, 0) is 0 Å². The van der Waals surface area contributed by atoms with Crippen LogP contribution in [0.4, 0.5) is 11.6 Å². The van der Waals surface area contributed by atoms with Crippen LogP contribution in [0.1, 0.15) is 6.42 Å². The maximum atomic E-state index is 4.78. The van der Waals surface area contributed by atoms with E-state index in [4.69, 9.17) is 4.98 Å². The molecule has 5 heteroatoms. The van der Waals surface area contributed by atoms with Crippen LogP contribution in [0.25, 0.3) is 11.4 Å². The number of hydrogen-bond donors (Lipinski definition) is 1. The summed E-state index contributed by atoms with van der Waals surface area (Å²) in [6.07, 6.45) is 1.21. The van der Waals surface area contributed by atoms with Crippen LogP contribution in [0.2, 0.25) is 0 Å². The van der Waals surface area contributed by atoms with Crippen molar-refractivity contribution >= 4 is 23.4 Å². The highest BCUT2D eigenvalue weighted by Crippen LogP contribution is 2.24. The third-order valence-corrected chi connectivity index (χ3v) is 4.60. The van der Waals surface area contributed by atoms with Gasteiger partial charge in [-0.3, -0.25) is 0 Å². The summed E-state index contributed by atoms with van der Waals surface area (Å²) >= 11 is 2.02. The third-order valence-electron chi connectivity index (χ3n) is 3.55. The summed E-state index contributed by atoms with van der Waals surface area (Å²) in [4.78, 5) is 11.7. The second kappa shape index (κ2) is 6.80. The average molecular weight is 300 g/mol. The van der Waals surface area contributed by atoms with Gasteiger partial charge in [0.25, 0.3) is 0 Å². The van der Waals surface area contributed by atoms with Crippen molar-refractivity contribution in [2.24, 2.45) is 0 Å². The molecule has 3 rings (SSSR count). The monoisotopic (exact) mass is 300 g/mol. The van der Waals surface area contributed by atoms with Gasteiger partial charge in [-0.15, -0.1) is 0 Å². The second-order valence-corrected chi connectivity index (χ2v) is 6.23. The molecule has 0 atom stereocenters. The molecule has 1 aliphatic rings. The first-order valence-electron chi connectivity index (χ1n) is 7.32. The standard InChI is InChI=1S/C16H20N4S/c1-17-14-12-15(20-8-5-10-21-11-9-20)19-16(18-14)13-6-3-2-4-7-13/h2-4,6-7,12H,5,8-11H2,1H3,(H,17,18,19). The number of anilines is 2. The maximum absolute atomic E-state index is 4.78. The Labute approximate surface area is 130 Å². The SMILES string of the molecule is CNc1cc(N2CCCSCC2)nc(-c2ccccc2)n1. The molecule has 1 fully saturated rings. The van der Waals surface area contributed by atoms with Gasteiger partial charge in [0, 0.05) is 37.5 Å². The third kappa shape index (κ3) is 3.47. The fraction of sp³-hybridized carbons (Fsp3) is 0.375. The zero-order valence-corrected chi connectivity index (χ0v) is 13.1. The Kier molecular flexibility index (Phi) is 4.60. The Balaban J connectivity index is 1.96. The minimum absolute atomic E-state index is 0.786. The van der Waals surface area contributed by atoms with Crippen LogP contribution < -0.4 is 10.2 Å². The molecule has 1 aromatic carbocycles. The van der Waals surface area contributed by atoms with Gasteiger partial charge in [-0.2, -0.15) is 11.8 Å². The second-order valence-electron chi connectivity index (χ2n) is 5.00. The number of thioether (sulfide) groups is 1. The first-order valence-corrected chi connectivity index (χ1v) is 8.47. The molecule has 0 aliphatic carbocycles. The van der Waals surface area contributed by atoms with Crippen molar-refractivity contribution in [1.82, 2.24) is 9.97 Å². The molecule has 2 aromatic rings. The van der Waals surface area contributed by atoms with Crippen LogP contribution in [0.15, 0.2) is 36.4 Å². The molecular formula is C16H20N4S. The number of nitrogens with one attached hydrogen (secondary N) is 1. The average Bonchev–Trinajstić information content (AvgIpc) is 2.84. The van der Waals surface area contributed by atoms with E-state index in [2.05, 4.69) is 27.3 Å². The molecule has 0 unspecified atom stereocenters. The molecule has 4 nitrogen and oxygen atoms in total. The van der Waals surface area contributed by atoms with E-state index in [-0.39, 0.29) is 0 Å². The van der Waals surface area contributed by atoms with Crippen molar-refractivity contribution in [3.05, 3.63) is 36.4 Å². The Morgan fingerprint density at radius 3 is 2.76 bits per heavy atom. The van der Waals surface area contributed by atoms with Crippen LogP contribution in [0, 0.1) is 0 Å². The highest BCUT2D eigenvalue weighted by Gasteiger charge is 2.14. The van der Waals surface area contributed by atoms with E-state index < -0.39 is 0 Å². The molecule has 1 saturated heterocycles. The maximum Gasteiger partial charge on any atom is 0.163 e. The van der Waals surface area contributed by atoms with Gasteiger partial charge in [0.1, 0.15) is 11.6 Å². The lowest BCUT2D eigenvalue weighted by molar-refractivity contribution is 0.800. The zero-order valence-electron chi connectivity index (χ0n) is 12.2. The van der Waals surface area contributed by atoms with Crippen molar-refractivity contribution in [3.8, 4) is 11.4 Å².